The molecule has 0 heterocycles. The van der Waals surface area contributed by atoms with Crippen molar-refractivity contribution in [1.29, 1.82) is 0 Å². The van der Waals surface area contributed by atoms with E-state index in [-0.39, 0.29) is 17.1 Å². The fraction of sp³-hybridized carbons (Fsp3) is 1.00. The van der Waals surface area contributed by atoms with Gasteiger partial charge in [0.25, 0.3) is 12.6 Å². The van der Waals surface area contributed by atoms with Crippen LogP contribution >= 0.6 is 33.0 Å². The zero-order valence-electron chi connectivity index (χ0n) is 11.0. The molecule has 2 N–H and O–H groups in total. The van der Waals surface area contributed by atoms with E-state index in [0.29, 0.717) is 0 Å². The number of hydrogen-bond donors (Lipinski definition) is 2. The van der Waals surface area contributed by atoms with Gasteiger partial charge in [-0.3, -0.25) is 0 Å². The molecule has 0 saturated heterocycles. The Morgan fingerprint density at radius 3 is 1.17 bits per heavy atom. The molecule has 14 nitrogen and oxygen atoms in total. The first-order valence-electron chi connectivity index (χ1n) is 4.65. The van der Waals surface area contributed by atoms with E-state index in [2.05, 4.69) is 27.4 Å². The molecule has 0 aromatic carbocycles. The summed E-state index contributed by atoms with van der Waals surface area (Å²) in [5.41, 5.74) is 0. The summed E-state index contributed by atoms with van der Waals surface area (Å²) in [5, 5.41) is 15.4. The van der Waals surface area contributed by atoms with Gasteiger partial charge in [0.15, 0.2) is 0 Å². The van der Waals surface area contributed by atoms with Crippen molar-refractivity contribution in [3.8, 4) is 0 Å². The molecule has 0 aliphatic rings. The quantitative estimate of drug-likeness (QED) is 0.151. The fourth-order valence-electron chi connectivity index (χ4n) is 0.562. The van der Waals surface area contributed by atoms with Crippen LogP contribution in [0.3, 0.4) is 0 Å². The van der Waals surface area contributed by atoms with Crippen molar-refractivity contribution in [3.05, 3.63) is 0 Å². The van der Waals surface area contributed by atoms with Gasteiger partial charge in [-0.15, -0.1) is 9.05 Å². The SMILES string of the molecule is CC(O[P+](=O)[O-])O[P+](=O)OO.CC(O[P+](=O)[O-])O[P+](=O)OO.[Cu+2]. The van der Waals surface area contributed by atoms with Gasteiger partial charge in [0, 0.05) is 9.13 Å². The van der Waals surface area contributed by atoms with Crippen LogP contribution in [0.2, 0.25) is 0 Å². The average Bonchev–Trinajstić information content (AvgIpc) is 2.36. The molecule has 0 saturated carbocycles. The largest absolute Gasteiger partial charge is 2.00 e. The van der Waals surface area contributed by atoms with E-state index in [1.54, 1.807) is 0 Å². The Bertz CT molecular complexity index is 355. The van der Waals surface area contributed by atoms with Crippen LogP contribution in [0.5, 0.6) is 0 Å². The molecule has 0 spiro atoms. The second-order valence-corrected chi connectivity index (χ2v) is 5.57. The normalized spacial score (nSPS) is 15.2. The summed E-state index contributed by atoms with van der Waals surface area (Å²) in [4.78, 5) is 19.6. The monoisotopic (exact) mass is 469 g/mol. The maximum Gasteiger partial charge on any atom is 2.00 e. The third kappa shape index (κ3) is 22.5. The van der Waals surface area contributed by atoms with Gasteiger partial charge < -0.3 is 9.79 Å². The van der Waals surface area contributed by atoms with Gasteiger partial charge >= 0.3 is 50.1 Å². The minimum Gasteiger partial charge on any atom is -0.566 e. The van der Waals surface area contributed by atoms with Crippen molar-refractivity contribution in [2.45, 2.75) is 26.4 Å². The fourth-order valence-corrected chi connectivity index (χ4v) is 1.92. The van der Waals surface area contributed by atoms with Gasteiger partial charge in [-0.1, -0.05) is 9.05 Å². The van der Waals surface area contributed by atoms with Crippen LogP contribution in [0.25, 0.3) is 0 Å². The van der Waals surface area contributed by atoms with Crippen LogP contribution in [0.15, 0.2) is 0 Å². The van der Waals surface area contributed by atoms with Gasteiger partial charge in [0.1, 0.15) is 0 Å². The molecule has 0 amide bonds. The molecule has 0 rings (SSSR count). The van der Waals surface area contributed by atoms with E-state index < -0.39 is 45.6 Å². The minimum absolute atomic E-state index is 0. The Kier molecular flexibility index (Phi) is 21.4. The molecule has 19 heteroatoms. The van der Waals surface area contributed by atoms with Gasteiger partial charge in [-0.05, 0) is 23.0 Å². The average molecular weight is 470 g/mol. The van der Waals surface area contributed by atoms with E-state index >= 15 is 0 Å². The second kappa shape index (κ2) is 17.3. The van der Waals surface area contributed by atoms with Crippen molar-refractivity contribution < 1.29 is 83.1 Å². The molecule has 0 aliphatic carbocycles. The van der Waals surface area contributed by atoms with Gasteiger partial charge in [-0.25, -0.2) is 10.5 Å². The zero-order chi connectivity index (χ0) is 17.7. The van der Waals surface area contributed by atoms with E-state index in [1.165, 1.54) is 13.8 Å². The molecule has 23 heavy (non-hydrogen) atoms. The first-order valence-corrected chi connectivity index (χ1v) is 9.04. The first-order chi connectivity index (χ1) is 10.1. The molecule has 0 aromatic heterocycles. The van der Waals surface area contributed by atoms with Crippen LogP contribution in [-0.2, 0) is 62.8 Å². The smallest absolute Gasteiger partial charge is 0.566 e. The van der Waals surface area contributed by atoms with Crippen molar-refractivity contribution in [2.24, 2.45) is 0 Å². The predicted molar refractivity (Wildman–Crippen MR) is 61.1 cm³/mol. The van der Waals surface area contributed by atoms with Crippen LogP contribution < -0.4 is 9.79 Å². The zero-order valence-corrected chi connectivity index (χ0v) is 15.6. The Morgan fingerprint density at radius 2 is 1.00 bits per heavy atom. The molecule has 1 radical (unpaired) electrons. The topological polar surface area (TPSA) is 210 Å². The number of rotatable bonds is 10. The molecular formula is C4H10CuO14P4+4. The Hall–Kier alpha value is 0.519. The summed E-state index contributed by atoms with van der Waals surface area (Å²) in [5.74, 6) is 0. The summed E-state index contributed by atoms with van der Waals surface area (Å²) in [6.45, 7) is 2.36. The van der Waals surface area contributed by atoms with Crippen molar-refractivity contribution in [1.82, 2.24) is 0 Å². The number of hydrogen-bond acceptors (Lipinski definition) is 14. The van der Waals surface area contributed by atoms with Crippen LogP contribution in [0.1, 0.15) is 13.8 Å². The van der Waals surface area contributed by atoms with Crippen LogP contribution in [-0.4, -0.2) is 23.1 Å². The Morgan fingerprint density at radius 1 is 0.739 bits per heavy atom. The third-order valence-corrected chi connectivity index (χ3v) is 3.21. The maximum atomic E-state index is 10.2. The summed E-state index contributed by atoms with van der Waals surface area (Å²) in [6.07, 6.45) is -2.49. The molecule has 0 bridgehead atoms. The van der Waals surface area contributed by atoms with E-state index in [9.17, 15) is 28.0 Å². The minimum atomic E-state index is -3.07. The Labute approximate surface area is 143 Å². The van der Waals surface area contributed by atoms with Crippen LogP contribution in [0.4, 0.5) is 0 Å². The first kappa shape index (κ1) is 28.3. The summed E-state index contributed by atoms with van der Waals surface area (Å²) in [7, 11) is -11.6. The molecular weight excluding hydrogens is 459 g/mol. The molecule has 0 aromatic rings. The predicted octanol–water partition coefficient (Wildman–Crippen LogP) is 1.06. The third-order valence-electron chi connectivity index (χ3n) is 1.07. The van der Waals surface area contributed by atoms with Crippen LogP contribution in [0, 0.1) is 0 Å². The summed E-state index contributed by atoms with van der Waals surface area (Å²) >= 11 is 0. The van der Waals surface area contributed by atoms with Gasteiger partial charge in [0.05, 0.1) is 9.35 Å². The maximum absolute atomic E-state index is 10.2. The van der Waals surface area contributed by atoms with Crippen molar-refractivity contribution in [3.63, 3.8) is 0 Å². The van der Waals surface area contributed by atoms with E-state index in [0.717, 1.165) is 0 Å². The second-order valence-electron chi connectivity index (χ2n) is 2.61. The van der Waals surface area contributed by atoms with E-state index in [4.69, 9.17) is 10.5 Å². The molecule has 0 aliphatic heterocycles. The Balaban J connectivity index is -0.000000333. The molecule has 0 fully saturated rings. The molecule has 137 valence electrons. The van der Waals surface area contributed by atoms with E-state index in [1.807, 2.05) is 0 Å². The van der Waals surface area contributed by atoms with Gasteiger partial charge in [0.2, 0.25) is 0 Å². The molecule has 6 unspecified atom stereocenters. The standard InChI is InChI=1S/2C2H4O7P2.Cu/c2*1-2(7-10(4)5)8-11(6)9-3;/h2*2H,1H3;/q;;+2/p+2. The van der Waals surface area contributed by atoms with Crippen molar-refractivity contribution >= 4 is 33.0 Å². The summed E-state index contributed by atoms with van der Waals surface area (Å²) < 4.78 is 62.7. The summed E-state index contributed by atoms with van der Waals surface area (Å²) in [6, 6.07) is 0. The van der Waals surface area contributed by atoms with Crippen molar-refractivity contribution in [2.75, 3.05) is 0 Å². The molecule has 6 atom stereocenters. The van der Waals surface area contributed by atoms with Gasteiger partial charge in [-0.2, -0.15) is 0 Å².